The Morgan fingerprint density at radius 1 is 1.23 bits per heavy atom. The van der Waals surface area contributed by atoms with Crippen LogP contribution in [0.15, 0.2) is 52.1 Å². The summed E-state index contributed by atoms with van der Waals surface area (Å²) >= 11 is 1.17. The molecular weight excluding hydrogens is 424 g/mol. The average molecular weight is 451 g/mol. The summed E-state index contributed by atoms with van der Waals surface area (Å²) in [6, 6.07) is 12.0. The summed E-state index contributed by atoms with van der Waals surface area (Å²) in [5.74, 6) is -1.11. The highest BCUT2D eigenvalue weighted by atomic mass is 32.2. The second-order valence-corrected chi connectivity index (χ2v) is 10.2. The smallest absolute Gasteiger partial charge is 0.308 e. The summed E-state index contributed by atoms with van der Waals surface area (Å²) in [5, 5.41) is 4.66. The van der Waals surface area contributed by atoms with Gasteiger partial charge in [-0.3, -0.25) is 9.59 Å². The standard InChI is InChI=1S/C21H26N2O5S2/c1-2-28-19(24)14-18(16-8-4-3-5-9-16)22-21(25)17-10-6-12-23(15-17)30(26,27)20-11-7-13-29-20/h3-5,7-9,11,13,17-18H,2,6,10,12,14-15H2,1H3,(H,22,25). The molecule has 1 amide bonds. The molecule has 1 N–H and O–H groups in total. The Morgan fingerprint density at radius 2 is 2.00 bits per heavy atom. The van der Waals surface area contributed by atoms with Gasteiger partial charge in [-0.2, -0.15) is 4.31 Å². The van der Waals surface area contributed by atoms with Crippen molar-refractivity contribution in [3.63, 3.8) is 0 Å². The number of esters is 1. The van der Waals surface area contributed by atoms with Gasteiger partial charge >= 0.3 is 5.97 Å². The summed E-state index contributed by atoms with van der Waals surface area (Å²) < 4.78 is 32.4. The number of sulfonamides is 1. The van der Waals surface area contributed by atoms with Crippen LogP contribution in [0.3, 0.4) is 0 Å². The van der Waals surface area contributed by atoms with Crippen molar-refractivity contribution >= 4 is 33.2 Å². The van der Waals surface area contributed by atoms with Crippen LogP contribution in [-0.2, 0) is 24.3 Å². The first kappa shape index (κ1) is 22.5. The predicted octanol–water partition coefficient (Wildman–Crippen LogP) is 2.96. The zero-order chi connectivity index (χ0) is 21.6. The van der Waals surface area contributed by atoms with E-state index in [1.165, 1.54) is 15.6 Å². The maximum absolute atomic E-state index is 13.0. The predicted molar refractivity (Wildman–Crippen MR) is 114 cm³/mol. The van der Waals surface area contributed by atoms with Crippen LogP contribution in [0.5, 0.6) is 0 Å². The SMILES string of the molecule is CCOC(=O)CC(NC(=O)C1CCCN(S(=O)(=O)c2cccs2)C1)c1ccccc1. The van der Waals surface area contributed by atoms with Gasteiger partial charge in [0.15, 0.2) is 0 Å². The van der Waals surface area contributed by atoms with Crippen molar-refractivity contribution < 1.29 is 22.7 Å². The van der Waals surface area contributed by atoms with Gasteiger partial charge in [-0.25, -0.2) is 8.42 Å². The van der Waals surface area contributed by atoms with Gasteiger partial charge in [0.2, 0.25) is 5.91 Å². The minimum absolute atomic E-state index is 0.0214. The lowest BCUT2D eigenvalue weighted by atomic mass is 9.97. The molecule has 30 heavy (non-hydrogen) atoms. The Morgan fingerprint density at radius 3 is 2.67 bits per heavy atom. The second-order valence-electron chi connectivity index (χ2n) is 7.12. The fourth-order valence-corrected chi connectivity index (χ4v) is 6.19. The summed E-state index contributed by atoms with van der Waals surface area (Å²) in [4.78, 5) is 25.0. The fourth-order valence-electron chi connectivity index (χ4n) is 3.53. The molecule has 1 aromatic heterocycles. The van der Waals surface area contributed by atoms with E-state index in [1.807, 2.05) is 30.3 Å². The highest BCUT2D eigenvalue weighted by Crippen LogP contribution is 2.27. The third kappa shape index (κ3) is 5.47. The van der Waals surface area contributed by atoms with E-state index in [2.05, 4.69) is 5.32 Å². The number of amides is 1. The summed E-state index contributed by atoms with van der Waals surface area (Å²) in [5.41, 5.74) is 0.803. The fraction of sp³-hybridized carbons (Fsp3) is 0.429. The number of carbonyl (C=O) groups is 2. The molecule has 2 atom stereocenters. The van der Waals surface area contributed by atoms with Gasteiger partial charge in [0.25, 0.3) is 10.0 Å². The van der Waals surface area contributed by atoms with Crippen molar-refractivity contribution in [1.29, 1.82) is 0 Å². The van der Waals surface area contributed by atoms with E-state index in [4.69, 9.17) is 4.74 Å². The number of ether oxygens (including phenoxy) is 1. The van der Waals surface area contributed by atoms with E-state index in [-0.39, 0.29) is 29.7 Å². The summed E-state index contributed by atoms with van der Waals surface area (Å²) in [7, 11) is -3.59. The third-order valence-electron chi connectivity index (χ3n) is 5.04. The number of hydrogen-bond donors (Lipinski definition) is 1. The number of hydrogen-bond acceptors (Lipinski definition) is 6. The Hall–Kier alpha value is -2.23. The first-order chi connectivity index (χ1) is 14.4. The molecule has 0 radical (unpaired) electrons. The van der Waals surface area contributed by atoms with Crippen LogP contribution in [0.25, 0.3) is 0 Å². The lowest BCUT2D eigenvalue weighted by Crippen LogP contribution is -2.46. The molecule has 1 aliphatic rings. The van der Waals surface area contributed by atoms with E-state index < -0.39 is 28.0 Å². The van der Waals surface area contributed by atoms with Gasteiger partial charge < -0.3 is 10.1 Å². The first-order valence-electron chi connectivity index (χ1n) is 9.96. The molecule has 162 valence electrons. The number of nitrogens with one attached hydrogen (secondary N) is 1. The number of piperidine rings is 1. The number of benzene rings is 1. The van der Waals surface area contributed by atoms with Gasteiger partial charge in [-0.15, -0.1) is 11.3 Å². The maximum Gasteiger partial charge on any atom is 0.308 e. The lowest BCUT2D eigenvalue weighted by molar-refractivity contribution is -0.144. The molecule has 2 unspecified atom stereocenters. The molecule has 2 heterocycles. The third-order valence-corrected chi connectivity index (χ3v) is 8.28. The molecule has 1 saturated heterocycles. The molecule has 0 aliphatic carbocycles. The highest BCUT2D eigenvalue weighted by Gasteiger charge is 2.34. The molecule has 2 aromatic rings. The van der Waals surface area contributed by atoms with Gasteiger partial charge in [0.1, 0.15) is 4.21 Å². The second kappa shape index (κ2) is 10.2. The molecule has 0 bridgehead atoms. The number of rotatable bonds is 8. The molecule has 1 aliphatic heterocycles. The highest BCUT2D eigenvalue weighted by molar-refractivity contribution is 7.91. The Kier molecular flexibility index (Phi) is 7.63. The van der Waals surface area contributed by atoms with Crippen molar-refractivity contribution in [2.75, 3.05) is 19.7 Å². The van der Waals surface area contributed by atoms with Crippen molar-refractivity contribution in [2.24, 2.45) is 5.92 Å². The van der Waals surface area contributed by atoms with E-state index in [0.29, 0.717) is 19.4 Å². The minimum atomic E-state index is -3.59. The average Bonchev–Trinajstić information content (AvgIpc) is 3.30. The molecule has 3 rings (SSSR count). The zero-order valence-electron chi connectivity index (χ0n) is 16.8. The van der Waals surface area contributed by atoms with Gasteiger partial charge in [-0.1, -0.05) is 36.4 Å². The van der Waals surface area contributed by atoms with Crippen LogP contribution in [0.1, 0.15) is 37.8 Å². The first-order valence-corrected chi connectivity index (χ1v) is 12.3. The molecule has 7 nitrogen and oxygen atoms in total. The lowest BCUT2D eigenvalue weighted by Gasteiger charge is -2.31. The quantitative estimate of drug-likeness (QED) is 0.624. The summed E-state index contributed by atoms with van der Waals surface area (Å²) in [6.45, 7) is 2.53. The molecule has 1 fully saturated rings. The number of thiophene rings is 1. The van der Waals surface area contributed by atoms with E-state index in [9.17, 15) is 18.0 Å². The van der Waals surface area contributed by atoms with Crippen LogP contribution in [0, 0.1) is 5.92 Å². The van der Waals surface area contributed by atoms with Crippen LogP contribution in [0.4, 0.5) is 0 Å². The van der Waals surface area contributed by atoms with Gasteiger partial charge in [0, 0.05) is 13.1 Å². The van der Waals surface area contributed by atoms with Crippen LogP contribution >= 0.6 is 11.3 Å². The molecule has 0 spiro atoms. The molecule has 1 aromatic carbocycles. The zero-order valence-corrected chi connectivity index (χ0v) is 18.5. The molecule has 0 saturated carbocycles. The Labute approximate surface area is 181 Å². The number of nitrogens with zero attached hydrogens (tertiary/aromatic N) is 1. The normalized spacial score (nSPS) is 18.5. The molecular formula is C21H26N2O5S2. The maximum atomic E-state index is 13.0. The van der Waals surface area contributed by atoms with Gasteiger partial charge in [-0.05, 0) is 36.8 Å². The molecule has 9 heteroatoms. The Bertz CT molecular complexity index is 945. The van der Waals surface area contributed by atoms with Crippen LogP contribution in [0.2, 0.25) is 0 Å². The van der Waals surface area contributed by atoms with Crippen molar-refractivity contribution in [2.45, 2.75) is 36.4 Å². The number of carbonyl (C=O) groups excluding carboxylic acids is 2. The van der Waals surface area contributed by atoms with E-state index >= 15 is 0 Å². The van der Waals surface area contributed by atoms with Crippen molar-refractivity contribution in [3.8, 4) is 0 Å². The Balaban J connectivity index is 1.71. The monoisotopic (exact) mass is 450 g/mol. The topological polar surface area (TPSA) is 92.8 Å². The summed E-state index contributed by atoms with van der Waals surface area (Å²) in [6.07, 6.45) is 1.23. The van der Waals surface area contributed by atoms with Crippen molar-refractivity contribution in [1.82, 2.24) is 9.62 Å². The largest absolute Gasteiger partial charge is 0.466 e. The van der Waals surface area contributed by atoms with E-state index in [1.54, 1.807) is 24.4 Å². The van der Waals surface area contributed by atoms with Crippen molar-refractivity contribution in [3.05, 3.63) is 53.4 Å². The van der Waals surface area contributed by atoms with Crippen LogP contribution in [-0.4, -0.2) is 44.3 Å². The minimum Gasteiger partial charge on any atom is -0.466 e. The van der Waals surface area contributed by atoms with Crippen LogP contribution < -0.4 is 5.32 Å². The van der Waals surface area contributed by atoms with Gasteiger partial charge in [0.05, 0.1) is 25.0 Å². The van der Waals surface area contributed by atoms with E-state index in [0.717, 1.165) is 5.56 Å².